The monoisotopic (exact) mass is 214 g/mol. The Balaban J connectivity index is 2.90. The van der Waals surface area contributed by atoms with Gasteiger partial charge in [-0.3, -0.25) is 0 Å². The Morgan fingerprint density at radius 3 is 2.50 bits per heavy atom. The van der Waals surface area contributed by atoms with E-state index in [1.165, 1.54) is 0 Å². The molecule has 0 fully saturated rings. The van der Waals surface area contributed by atoms with Gasteiger partial charge in [0, 0.05) is 0 Å². The summed E-state index contributed by atoms with van der Waals surface area (Å²) < 4.78 is 0. The lowest BCUT2D eigenvalue weighted by molar-refractivity contribution is 0.464. The maximum atomic E-state index is 4.11. The van der Waals surface area contributed by atoms with Crippen LogP contribution in [0.25, 0.3) is 0 Å². The zero-order valence-electron chi connectivity index (χ0n) is 10.5. The highest BCUT2D eigenvalue weighted by Gasteiger charge is 2.12. The highest BCUT2D eigenvalue weighted by molar-refractivity contribution is 5.37. The van der Waals surface area contributed by atoms with Gasteiger partial charge in [-0.2, -0.15) is 0 Å². The fourth-order valence-electron chi connectivity index (χ4n) is 1.74. The summed E-state index contributed by atoms with van der Waals surface area (Å²) in [7, 11) is 0. The number of hydrogen-bond acceptors (Lipinski definition) is 0. The number of rotatable bonds is 1. The molecular formula is C16H22. The van der Waals surface area contributed by atoms with E-state index in [9.17, 15) is 0 Å². The largest absolute Gasteiger partial charge is 0.0955 e. The fraction of sp³-hybridized carbons (Fsp3) is 0.375. The van der Waals surface area contributed by atoms with E-state index in [1.807, 2.05) is 0 Å². The van der Waals surface area contributed by atoms with Crippen molar-refractivity contribution in [2.45, 2.75) is 26.7 Å². The molecule has 0 aromatic rings. The molecule has 0 saturated heterocycles. The maximum absolute atomic E-state index is 4.11. The molecule has 0 aliphatic heterocycles. The van der Waals surface area contributed by atoms with Gasteiger partial charge in [-0.15, -0.1) is 0 Å². The predicted octanol–water partition coefficient (Wildman–Crippen LogP) is 4.83. The zero-order chi connectivity index (χ0) is 12.1. The Labute approximate surface area is 99.8 Å². The van der Waals surface area contributed by atoms with E-state index < -0.39 is 0 Å². The van der Waals surface area contributed by atoms with Gasteiger partial charge in [-0.05, 0) is 35.8 Å². The van der Waals surface area contributed by atoms with Gasteiger partial charge in [0.1, 0.15) is 0 Å². The molecule has 0 aromatic carbocycles. The average molecular weight is 214 g/mol. The topological polar surface area (TPSA) is 0 Å². The van der Waals surface area contributed by atoms with Crippen LogP contribution in [0.15, 0.2) is 60.8 Å². The Kier molecular flexibility index (Phi) is 4.54. The second-order valence-electron chi connectivity index (χ2n) is 4.86. The van der Waals surface area contributed by atoms with Crippen LogP contribution in [0, 0.1) is 11.8 Å². The second kappa shape index (κ2) is 5.69. The van der Waals surface area contributed by atoms with E-state index in [0.29, 0.717) is 11.8 Å². The predicted molar refractivity (Wildman–Crippen MR) is 73.3 cm³/mol. The van der Waals surface area contributed by atoms with Gasteiger partial charge in [0.2, 0.25) is 0 Å². The minimum Gasteiger partial charge on any atom is -0.0955 e. The number of allylic oxidation sites excluding steroid dienone is 7. The van der Waals surface area contributed by atoms with Crippen LogP contribution in [0.2, 0.25) is 0 Å². The summed E-state index contributed by atoms with van der Waals surface area (Å²) in [6.07, 6.45) is 10.5. The normalized spacial score (nSPS) is 22.9. The van der Waals surface area contributed by atoms with E-state index in [1.54, 1.807) is 0 Å². The summed E-state index contributed by atoms with van der Waals surface area (Å²) in [4.78, 5) is 0. The third-order valence-corrected chi connectivity index (χ3v) is 3.07. The fourth-order valence-corrected chi connectivity index (χ4v) is 1.74. The quantitative estimate of drug-likeness (QED) is 0.586. The standard InChI is InChI=1S/C16H22/c1-12(2)16-10-9-13(3)7-6-8-14(4)15(5)11-16/h6,8-10,12,16H,3-5,7,11H2,1-2H3. The van der Waals surface area contributed by atoms with E-state index >= 15 is 0 Å². The van der Waals surface area contributed by atoms with E-state index in [-0.39, 0.29) is 0 Å². The summed E-state index contributed by atoms with van der Waals surface area (Å²) in [6.45, 7) is 16.7. The molecule has 0 N–H and O–H groups in total. The third kappa shape index (κ3) is 3.69. The van der Waals surface area contributed by atoms with Crippen LogP contribution in [0.5, 0.6) is 0 Å². The van der Waals surface area contributed by atoms with Crippen molar-refractivity contribution >= 4 is 0 Å². The summed E-state index contributed by atoms with van der Waals surface area (Å²) in [6, 6.07) is 0. The van der Waals surface area contributed by atoms with Gasteiger partial charge in [0.05, 0.1) is 0 Å². The van der Waals surface area contributed by atoms with Gasteiger partial charge in [0.15, 0.2) is 0 Å². The molecule has 0 bridgehead atoms. The first-order valence-electron chi connectivity index (χ1n) is 5.90. The molecular weight excluding hydrogens is 192 g/mol. The SMILES string of the molecule is C=C1C=CC(C(C)C)CC(=C)C(=C)C=CC1. The van der Waals surface area contributed by atoms with E-state index in [0.717, 1.165) is 29.6 Å². The summed E-state index contributed by atoms with van der Waals surface area (Å²) in [5.41, 5.74) is 3.35. The first-order valence-corrected chi connectivity index (χ1v) is 5.90. The third-order valence-electron chi connectivity index (χ3n) is 3.07. The lowest BCUT2D eigenvalue weighted by Gasteiger charge is -2.19. The smallest absolute Gasteiger partial charge is 0.0100 e. The molecule has 0 amide bonds. The minimum atomic E-state index is 0.535. The first-order chi connectivity index (χ1) is 7.50. The van der Waals surface area contributed by atoms with Crippen LogP contribution in [-0.4, -0.2) is 0 Å². The lowest BCUT2D eigenvalue weighted by Crippen LogP contribution is -2.07. The van der Waals surface area contributed by atoms with Gasteiger partial charge in [-0.25, -0.2) is 0 Å². The Hall–Kier alpha value is -1.30. The Bertz CT molecular complexity index is 350. The van der Waals surface area contributed by atoms with E-state index in [2.05, 4.69) is 57.9 Å². The molecule has 1 rings (SSSR count). The number of hydrogen-bond donors (Lipinski definition) is 0. The van der Waals surface area contributed by atoms with Crippen molar-refractivity contribution in [2.24, 2.45) is 11.8 Å². The second-order valence-corrected chi connectivity index (χ2v) is 4.86. The molecule has 0 radical (unpaired) electrons. The highest BCUT2D eigenvalue weighted by atomic mass is 14.2. The summed E-state index contributed by atoms with van der Waals surface area (Å²) >= 11 is 0. The van der Waals surface area contributed by atoms with Crippen LogP contribution in [0.1, 0.15) is 26.7 Å². The lowest BCUT2D eigenvalue weighted by atomic mass is 9.86. The zero-order valence-corrected chi connectivity index (χ0v) is 10.5. The molecule has 0 heterocycles. The van der Waals surface area contributed by atoms with Crippen molar-refractivity contribution in [2.75, 3.05) is 0 Å². The molecule has 1 aliphatic rings. The van der Waals surface area contributed by atoms with Crippen molar-refractivity contribution in [3.63, 3.8) is 0 Å². The molecule has 1 aliphatic carbocycles. The van der Waals surface area contributed by atoms with Gasteiger partial charge in [-0.1, -0.05) is 63.5 Å². The molecule has 0 saturated carbocycles. The van der Waals surface area contributed by atoms with Crippen LogP contribution in [0.4, 0.5) is 0 Å². The van der Waals surface area contributed by atoms with Crippen molar-refractivity contribution < 1.29 is 0 Å². The van der Waals surface area contributed by atoms with Crippen LogP contribution >= 0.6 is 0 Å². The average Bonchev–Trinajstić information content (AvgIpc) is 2.22. The maximum Gasteiger partial charge on any atom is -0.0100 e. The van der Waals surface area contributed by atoms with Crippen molar-refractivity contribution in [1.82, 2.24) is 0 Å². The highest BCUT2D eigenvalue weighted by Crippen LogP contribution is 2.26. The first kappa shape index (κ1) is 12.8. The van der Waals surface area contributed by atoms with Crippen LogP contribution in [-0.2, 0) is 0 Å². The van der Waals surface area contributed by atoms with Crippen LogP contribution < -0.4 is 0 Å². The molecule has 0 spiro atoms. The molecule has 1 unspecified atom stereocenters. The molecule has 16 heavy (non-hydrogen) atoms. The molecule has 86 valence electrons. The molecule has 0 nitrogen and oxygen atoms in total. The van der Waals surface area contributed by atoms with Gasteiger partial charge in [0.25, 0.3) is 0 Å². The molecule has 0 aromatic heterocycles. The van der Waals surface area contributed by atoms with Crippen molar-refractivity contribution in [1.29, 1.82) is 0 Å². The summed E-state index contributed by atoms with van der Waals surface area (Å²) in [5, 5.41) is 0. The van der Waals surface area contributed by atoms with Gasteiger partial charge >= 0.3 is 0 Å². The molecule has 1 atom stereocenters. The van der Waals surface area contributed by atoms with E-state index in [4.69, 9.17) is 0 Å². The van der Waals surface area contributed by atoms with Gasteiger partial charge < -0.3 is 0 Å². The van der Waals surface area contributed by atoms with Crippen molar-refractivity contribution in [3.05, 3.63) is 60.8 Å². The van der Waals surface area contributed by atoms with Crippen LogP contribution in [0.3, 0.4) is 0 Å². The Morgan fingerprint density at radius 2 is 1.88 bits per heavy atom. The minimum absolute atomic E-state index is 0.535. The summed E-state index contributed by atoms with van der Waals surface area (Å²) in [5.74, 6) is 1.16. The molecule has 0 heteroatoms. The Morgan fingerprint density at radius 1 is 1.19 bits per heavy atom. The van der Waals surface area contributed by atoms with Crippen molar-refractivity contribution in [3.8, 4) is 0 Å².